The fourth-order valence-corrected chi connectivity index (χ4v) is 3.46. The Morgan fingerprint density at radius 3 is 2.71 bits per heavy atom. The van der Waals surface area contributed by atoms with Gasteiger partial charge in [-0.1, -0.05) is 31.4 Å². The summed E-state index contributed by atoms with van der Waals surface area (Å²) in [6, 6.07) is 5.27. The summed E-state index contributed by atoms with van der Waals surface area (Å²) in [6.07, 6.45) is 5.62. The van der Waals surface area contributed by atoms with E-state index in [9.17, 15) is 14.4 Å². The average Bonchev–Trinajstić information content (AvgIpc) is 3.03. The second-order valence-corrected chi connectivity index (χ2v) is 7.37. The fraction of sp³-hybridized carbons (Fsp3) is 0.476. The number of urea groups is 1. The molecule has 0 saturated heterocycles. The molecule has 7 nitrogen and oxygen atoms in total. The van der Waals surface area contributed by atoms with Gasteiger partial charge < -0.3 is 14.5 Å². The van der Waals surface area contributed by atoms with Crippen LogP contribution in [-0.2, 0) is 20.7 Å². The molecule has 1 aliphatic rings. The monoisotopic (exact) mass is 386 g/mol. The number of ether oxygens (including phenoxy) is 1. The van der Waals surface area contributed by atoms with Crippen molar-refractivity contribution < 1.29 is 23.5 Å². The van der Waals surface area contributed by atoms with Crippen molar-refractivity contribution in [3.05, 3.63) is 35.6 Å². The van der Waals surface area contributed by atoms with E-state index in [1.54, 1.807) is 0 Å². The summed E-state index contributed by atoms with van der Waals surface area (Å²) in [5.41, 5.74) is 2.46. The van der Waals surface area contributed by atoms with Crippen molar-refractivity contribution >= 4 is 28.9 Å². The summed E-state index contributed by atoms with van der Waals surface area (Å²) in [5.74, 6) is -1.20. The maximum absolute atomic E-state index is 12.2. The highest BCUT2D eigenvalue weighted by atomic mass is 16.5. The first-order valence-electron chi connectivity index (χ1n) is 9.70. The van der Waals surface area contributed by atoms with Crippen molar-refractivity contribution in [2.24, 2.45) is 0 Å². The zero-order chi connectivity index (χ0) is 20.1. The van der Waals surface area contributed by atoms with E-state index in [0.29, 0.717) is 11.1 Å². The first kappa shape index (κ1) is 19.9. The van der Waals surface area contributed by atoms with Crippen LogP contribution in [0.4, 0.5) is 4.79 Å². The third kappa shape index (κ3) is 5.12. The molecular weight excluding hydrogens is 360 g/mol. The number of benzene rings is 1. The van der Waals surface area contributed by atoms with E-state index in [1.807, 2.05) is 25.1 Å². The molecule has 1 heterocycles. The molecule has 150 valence electrons. The van der Waals surface area contributed by atoms with Gasteiger partial charge in [0.1, 0.15) is 5.58 Å². The highest BCUT2D eigenvalue weighted by Crippen LogP contribution is 2.23. The van der Waals surface area contributed by atoms with Crippen molar-refractivity contribution in [3.8, 4) is 0 Å². The molecule has 28 heavy (non-hydrogen) atoms. The summed E-state index contributed by atoms with van der Waals surface area (Å²) in [6.45, 7) is 3.40. The summed E-state index contributed by atoms with van der Waals surface area (Å²) in [4.78, 5) is 36.3. The van der Waals surface area contributed by atoms with Crippen LogP contribution in [0.3, 0.4) is 0 Å². The molecule has 1 atom stereocenters. The Kier molecular flexibility index (Phi) is 6.34. The number of carbonyl (C=O) groups is 3. The number of hydrogen-bond donors (Lipinski definition) is 2. The number of hydrogen-bond acceptors (Lipinski definition) is 5. The summed E-state index contributed by atoms with van der Waals surface area (Å²) in [5, 5.41) is 5.88. The van der Waals surface area contributed by atoms with Gasteiger partial charge in [-0.05, 0) is 38.3 Å². The molecule has 1 unspecified atom stereocenters. The Morgan fingerprint density at radius 2 is 1.96 bits per heavy atom. The summed E-state index contributed by atoms with van der Waals surface area (Å²) in [7, 11) is 0. The summed E-state index contributed by atoms with van der Waals surface area (Å²) < 4.78 is 10.6. The highest BCUT2D eigenvalue weighted by Gasteiger charge is 2.23. The molecule has 3 amide bonds. The third-order valence-electron chi connectivity index (χ3n) is 5.00. The zero-order valence-electron chi connectivity index (χ0n) is 16.2. The Bertz CT molecular complexity index is 867. The number of rotatable bonds is 5. The Morgan fingerprint density at radius 1 is 1.21 bits per heavy atom. The van der Waals surface area contributed by atoms with Crippen LogP contribution in [0.15, 0.2) is 28.9 Å². The Hall–Kier alpha value is -2.83. The van der Waals surface area contributed by atoms with Gasteiger partial charge in [0.05, 0.1) is 12.7 Å². The van der Waals surface area contributed by atoms with Gasteiger partial charge in [0.25, 0.3) is 5.91 Å². The number of aryl methyl sites for hydroxylation is 1. The van der Waals surface area contributed by atoms with Gasteiger partial charge in [0.2, 0.25) is 0 Å². The Balaban J connectivity index is 1.48. The zero-order valence-corrected chi connectivity index (χ0v) is 16.2. The molecule has 0 radical (unpaired) electrons. The predicted molar refractivity (Wildman–Crippen MR) is 104 cm³/mol. The SMILES string of the molecule is Cc1ccc2c(CC(=O)OC(C)C(=O)NC(=O)NC3CCCCC3)coc2c1. The van der Waals surface area contributed by atoms with Gasteiger partial charge in [0.15, 0.2) is 6.10 Å². The predicted octanol–water partition coefficient (Wildman–Crippen LogP) is 3.37. The van der Waals surface area contributed by atoms with Crippen LogP contribution in [-0.4, -0.2) is 30.1 Å². The smallest absolute Gasteiger partial charge is 0.321 e. The average molecular weight is 386 g/mol. The molecular formula is C21H26N2O5. The topological polar surface area (TPSA) is 97.6 Å². The maximum atomic E-state index is 12.2. The lowest BCUT2D eigenvalue weighted by Crippen LogP contribution is -2.48. The molecule has 0 spiro atoms. The first-order valence-corrected chi connectivity index (χ1v) is 9.70. The third-order valence-corrected chi connectivity index (χ3v) is 5.00. The van der Waals surface area contributed by atoms with E-state index < -0.39 is 24.0 Å². The van der Waals surface area contributed by atoms with Crippen LogP contribution >= 0.6 is 0 Å². The van der Waals surface area contributed by atoms with Crippen LogP contribution in [0, 0.1) is 6.92 Å². The second kappa shape index (κ2) is 8.91. The molecule has 1 aliphatic carbocycles. The van der Waals surface area contributed by atoms with E-state index in [1.165, 1.54) is 19.6 Å². The number of imide groups is 1. The van der Waals surface area contributed by atoms with Crippen molar-refractivity contribution in [2.75, 3.05) is 0 Å². The largest absolute Gasteiger partial charge is 0.464 e. The number of furan rings is 1. The van der Waals surface area contributed by atoms with E-state index in [0.717, 1.165) is 36.6 Å². The molecule has 2 aromatic rings. The molecule has 1 fully saturated rings. The number of esters is 1. The molecule has 1 aromatic heterocycles. The molecule has 1 aromatic carbocycles. The molecule has 3 rings (SSSR count). The van der Waals surface area contributed by atoms with Crippen LogP contribution < -0.4 is 10.6 Å². The highest BCUT2D eigenvalue weighted by molar-refractivity contribution is 5.97. The lowest BCUT2D eigenvalue weighted by atomic mass is 9.96. The molecule has 0 aliphatic heterocycles. The number of fused-ring (bicyclic) bond motifs is 1. The van der Waals surface area contributed by atoms with E-state index in [4.69, 9.17) is 9.15 Å². The molecule has 7 heteroatoms. The number of amides is 3. The van der Waals surface area contributed by atoms with Crippen LogP contribution in [0.2, 0.25) is 0 Å². The second-order valence-electron chi connectivity index (χ2n) is 7.37. The van der Waals surface area contributed by atoms with Crippen molar-refractivity contribution in [1.82, 2.24) is 10.6 Å². The van der Waals surface area contributed by atoms with Crippen molar-refractivity contribution in [2.45, 2.75) is 64.5 Å². The lowest BCUT2D eigenvalue weighted by molar-refractivity contribution is -0.153. The molecule has 1 saturated carbocycles. The van der Waals surface area contributed by atoms with Gasteiger partial charge in [0, 0.05) is 17.0 Å². The van der Waals surface area contributed by atoms with Gasteiger partial charge >= 0.3 is 12.0 Å². The molecule has 2 N–H and O–H groups in total. The van der Waals surface area contributed by atoms with Crippen LogP contribution in [0.1, 0.15) is 50.2 Å². The van der Waals surface area contributed by atoms with Gasteiger partial charge in [-0.2, -0.15) is 0 Å². The van der Waals surface area contributed by atoms with Gasteiger partial charge in [-0.25, -0.2) is 4.79 Å². The van der Waals surface area contributed by atoms with Crippen molar-refractivity contribution in [1.29, 1.82) is 0 Å². The standard InChI is InChI=1S/C21H26N2O5/c1-13-8-9-17-15(12-27-18(17)10-13)11-19(24)28-14(2)20(25)23-21(26)22-16-6-4-3-5-7-16/h8-10,12,14,16H,3-7,11H2,1-2H3,(H2,22,23,25,26). The number of nitrogens with one attached hydrogen (secondary N) is 2. The Labute approximate surface area is 163 Å². The van der Waals surface area contributed by atoms with Crippen LogP contribution in [0.5, 0.6) is 0 Å². The van der Waals surface area contributed by atoms with E-state index in [2.05, 4.69) is 10.6 Å². The normalized spacial score (nSPS) is 15.8. The minimum Gasteiger partial charge on any atom is -0.464 e. The minimum absolute atomic E-state index is 0.0120. The lowest BCUT2D eigenvalue weighted by Gasteiger charge is -2.23. The maximum Gasteiger partial charge on any atom is 0.321 e. The quantitative estimate of drug-likeness (QED) is 0.768. The summed E-state index contributed by atoms with van der Waals surface area (Å²) >= 11 is 0. The minimum atomic E-state index is -1.06. The van der Waals surface area contributed by atoms with Crippen LogP contribution in [0.25, 0.3) is 11.0 Å². The van der Waals surface area contributed by atoms with Gasteiger partial charge in [-0.15, -0.1) is 0 Å². The fourth-order valence-electron chi connectivity index (χ4n) is 3.46. The molecule has 0 bridgehead atoms. The number of carbonyl (C=O) groups excluding carboxylic acids is 3. The van der Waals surface area contributed by atoms with E-state index >= 15 is 0 Å². The van der Waals surface area contributed by atoms with E-state index in [-0.39, 0.29) is 12.5 Å². The first-order chi connectivity index (χ1) is 13.4. The van der Waals surface area contributed by atoms with Crippen molar-refractivity contribution in [3.63, 3.8) is 0 Å². The van der Waals surface area contributed by atoms with Gasteiger partial charge in [-0.3, -0.25) is 14.9 Å².